The lowest BCUT2D eigenvalue weighted by Crippen LogP contribution is -2.26. The van der Waals surface area contributed by atoms with Gasteiger partial charge in [0, 0.05) is 25.9 Å². The molecule has 4 rings (SSSR count). The molecule has 1 saturated heterocycles. The average Bonchev–Trinajstić information content (AvgIpc) is 3.08. The Morgan fingerprint density at radius 2 is 2.04 bits per heavy atom. The number of nitrogens with one attached hydrogen (secondary N) is 1. The Morgan fingerprint density at radius 3 is 2.74 bits per heavy atom. The van der Waals surface area contributed by atoms with Crippen molar-refractivity contribution >= 4 is 5.91 Å². The number of hydrogen-bond acceptors (Lipinski definition) is 3. The second kappa shape index (κ2) is 5.80. The highest BCUT2D eigenvalue weighted by Gasteiger charge is 2.49. The zero-order chi connectivity index (χ0) is 15.7. The molecule has 23 heavy (non-hydrogen) atoms. The predicted molar refractivity (Wildman–Crippen MR) is 87.0 cm³/mol. The van der Waals surface area contributed by atoms with E-state index in [2.05, 4.69) is 34.5 Å². The third-order valence-electron chi connectivity index (χ3n) is 5.05. The first-order valence-corrected chi connectivity index (χ1v) is 8.53. The number of carbonyl (C=O) groups is 1. The fraction of sp³-hybridized carbons (Fsp3) is 0.500. The number of nitrogens with zero attached hydrogens (tertiary/aromatic N) is 3. The third kappa shape index (κ3) is 2.76. The molecule has 0 bridgehead atoms. The second-order valence-electron chi connectivity index (χ2n) is 6.64. The van der Waals surface area contributed by atoms with E-state index in [0.29, 0.717) is 12.3 Å². The Bertz CT molecular complexity index is 690. The number of aromatic amines is 1. The van der Waals surface area contributed by atoms with Crippen LogP contribution in [0.5, 0.6) is 0 Å². The van der Waals surface area contributed by atoms with Gasteiger partial charge in [0.1, 0.15) is 5.82 Å². The molecule has 0 unspecified atom stereocenters. The van der Waals surface area contributed by atoms with Crippen LogP contribution in [0.1, 0.15) is 49.3 Å². The van der Waals surface area contributed by atoms with Gasteiger partial charge in [-0.05, 0) is 31.2 Å². The summed E-state index contributed by atoms with van der Waals surface area (Å²) < 4.78 is 0. The smallest absolute Gasteiger partial charge is 0.222 e. The standard InChI is InChI=1S/C18H22N4O/c23-16-9-5-13-22(16)12-4-8-15-19-17(21-20-15)18(10-11-18)14-6-2-1-3-7-14/h1-3,6-7H,4-5,8-13H2,(H,19,20,21). The van der Waals surface area contributed by atoms with Gasteiger partial charge in [-0.1, -0.05) is 30.3 Å². The molecule has 0 radical (unpaired) electrons. The zero-order valence-electron chi connectivity index (χ0n) is 13.3. The van der Waals surface area contributed by atoms with Crippen LogP contribution >= 0.6 is 0 Å². The summed E-state index contributed by atoms with van der Waals surface area (Å²) in [6, 6.07) is 10.5. The number of aryl methyl sites for hydroxylation is 1. The molecule has 0 atom stereocenters. The average molecular weight is 310 g/mol. The predicted octanol–water partition coefficient (Wildman–Crippen LogP) is 2.44. The van der Waals surface area contributed by atoms with E-state index in [9.17, 15) is 4.79 Å². The Hall–Kier alpha value is -2.17. The van der Waals surface area contributed by atoms with Crippen LogP contribution in [-0.4, -0.2) is 39.1 Å². The number of likely N-dealkylation sites (tertiary alicyclic amines) is 1. The largest absolute Gasteiger partial charge is 0.343 e. The summed E-state index contributed by atoms with van der Waals surface area (Å²) in [7, 11) is 0. The summed E-state index contributed by atoms with van der Waals surface area (Å²) in [6.07, 6.45) is 5.75. The maximum Gasteiger partial charge on any atom is 0.222 e. The second-order valence-corrected chi connectivity index (χ2v) is 6.64. The molecule has 5 nitrogen and oxygen atoms in total. The molecule has 1 N–H and O–H groups in total. The molecule has 5 heteroatoms. The first-order valence-electron chi connectivity index (χ1n) is 8.53. The van der Waals surface area contributed by atoms with Crippen molar-refractivity contribution in [3.05, 3.63) is 47.5 Å². The van der Waals surface area contributed by atoms with Gasteiger partial charge in [-0.2, -0.15) is 5.10 Å². The molecule has 2 heterocycles. The van der Waals surface area contributed by atoms with Crippen LogP contribution in [0.2, 0.25) is 0 Å². The van der Waals surface area contributed by atoms with Crippen molar-refractivity contribution in [2.24, 2.45) is 0 Å². The molecular weight excluding hydrogens is 288 g/mol. The van der Waals surface area contributed by atoms with E-state index in [0.717, 1.165) is 56.8 Å². The Kier molecular flexibility index (Phi) is 3.63. The number of H-pyrrole nitrogens is 1. The van der Waals surface area contributed by atoms with E-state index in [4.69, 9.17) is 4.98 Å². The summed E-state index contributed by atoms with van der Waals surface area (Å²) >= 11 is 0. The first-order chi connectivity index (χ1) is 11.3. The molecule has 1 amide bonds. The number of hydrogen-bond donors (Lipinski definition) is 1. The van der Waals surface area contributed by atoms with Crippen LogP contribution in [-0.2, 0) is 16.6 Å². The minimum atomic E-state index is 0.0287. The van der Waals surface area contributed by atoms with Crippen molar-refractivity contribution in [3.63, 3.8) is 0 Å². The van der Waals surface area contributed by atoms with Gasteiger partial charge in [-0.25, -0.2) is 4.98 Å². The normalized spacial score (nSPS) is 19.3. The van der Waals surface area contributed by atoms with E-state index in [1.165, 1.54) is 5.56 Å². The number of aromatic nitrogens is 3. The topological polar surface area (TPSA) is 61.9 Å². The van der Waals surface area contributed by atoms with Crippen molar-refractivity contribution < 1.29 is 4.79 Å². The summed E-state index contributed by atoms with van der Waals surface area (Å²) in [5.41, 5.74) is 1.34. The van der Waals surface area contributed by atoms with Crippen molar-refractivity contribution in [1.82, 2.24) is 20.1 Å². The van der Waals surface area contributed by atoms with Gasteiger partial charge in [0.2, 0.25) is 5.91 Å². The van der Waals surface area contributed by atoms with Crippen LogP contribution in [0, 0.1) is 0 Å². The van der Waals surface area contributed by atoms with Crippen molar-refractivity contribution in [2.75, 3.05) is 13.1 Å². The van der Waals surface area contributed by atoms with Gasteiger partial charge in [0.05, 0.1) is 5.41 Å². The van der Waals surface area contributed by atoms with Gasteiger partial charge in [-0.15, -0.1) is 0 Å². The summed E-state index contributed by atoms with van der Waals surface area (Å²) in [5, 5.41) is 7.57. The molecule has 1 aliphatic carbocycles. The maximum atomic E-state index is 11.6. The minimum absolute atomic E-state index is 0.0287. The molecule has 2 fully saturated rings. The van der Waals surface area contributed by atoms with Crippen LogP contribution in [0.3, 0.4) is 0 Å². The quantitative estimate of drug-likeness (QED) is 0.891. The number of benzene rings is 1. The van der Waals surface area contributed by atoms with Crippen molar-refractivity contribution in [1.29, 1.82) is 0 Å². The van der Waals surface area contributed by atoms with Gasteiger partial charge in [0.15, 0.2) is 5.82 Å². The Morgan fingerprint density at radius 1 is 1.22 bits per heavy atom. The highest BCUT2D eigenvalue weighted by molar-refractivity contribution is 5.77. The fourth-order valence-electron chi connectivity index (χ4n) is 3.52. The van der Waals surface area contributed by atoms with Crippen LogP contribution in [0.15, 0.2) is 30.3 Å². The molecule has 2 aromatic rings. The maximum absolute atomic E-state index is 11.6. The van der Waals surface area contributed by atoms with Gasteiger partial charge >= 0.3 is 0 Å². The van der Waals surface area contributed by atoms with Crippen LogP contribution in [0.25, 0.3) is 0 Å². The molecule has 1 saturated carbocycles. The number of carbonyl (C=O) groups excluding carboxylic acids is 1. The molecular formula is C18H22N4O. The van der Waals surface area contributed by atoms with E-state index < -0.39 is 0 Å². The molecule has 1 aromatic carbocycles. The highest BCUT2D eigenvalue weighted by atomic mass is 16.2. The lowest BCUT2D eigenvalue weighted by Gasteiger charge is -2.14. The van der Waals surface area contributed by atoms with E-state index in [1.807, 2.05) is 11.0 Å². The first kappa shape index (κ1) is 14.4. The summed E-state index contributed by atoms with van der Waals surface area (Å²) in [5.74, 6) is 2.16. The lowest BCUT2D eigenvalue weighted by molar-refractivity contribution is -0.127. The highest BCUT2D eigenvalue weighted by Crippen LogP contribution is 2.51. The molecule has 0 spiro atoms. The van der Waals surface area contributed by atoms with E-state index >= 15 is 0 Å². The van der Waals surface area contributed by atoms with Gasteiger partial charge < -0.3 is 4.90 Å². The SMILES string of the molecule is O=C1CCCN1CCCc1nc(C2(c3ccccc3)CC2)n[nH]1. The fourth-order valence-corrected chi connectivity index (χ4v) is 3.52. The van der Waals surface area contributed by atoms with Crippen LogP contribution in [0.4, 0.5) is 0 Å². The van der Waals surface area contributed by atoms with Gasteiger partial charge in [-0.3, -0.25) is 9.89 Å². The zero-order valence-corrected chi connectivity index (χ0v) is 13.3. The number of rotatable bonds is 6. The Balaban J connectivity index is 1.39. The monoisotopic (exact) mass is 310 g/mol. The van der Waals surface area contributed by atoms with E-state index in [-0.39, 0.29) is 5.41 Å². The lowest BCUT2D eigenvalue weighted by atomic mass is 9.95. The molecule has 120 valence electrons. The minimum Gasteiger partial charge on any atom is -0.343 e. The Labute approximate surface area is 136 Å². The molecule has 1 aromatic heterocycles. The third-order valence-corrected chi connectivity index (χ3v) is 5.05. The summed E-state index contributed by atoms with van der Waals surface area (Å²) in [6.45, 7) is 1.75. The van der Waals surface area contributed by atoms with Crippen LogP contribution < -0.4 is 0 Å². The van der Waals surface area contributed by atoms with Crippen molar-refractivity contribution in [3.8, 4) is 0 Å². The van der Waals surface area contributed by atoms with E-state index in [1.54, 1.807) is 0 Å². The molecule has 2 aliphatic rings. The summed E-state index contributed by atoms with van der Waals surface area (Å²) in [4.78, 5) is 18.3. The van der Waals surface area contributed by atoms with Gasteiger partial charge in [0.25, 0.3) is 0 Å². The number of amides is 1. The molecule has 1 aliphatic heterocycles. The van der Waals surface area contributed by atoms with Crippen molar-refractivity contribution in [2.45, 2.75) is 43.9 Å².